The highest BCUT2D eigenvalue weighted by molar-refractivity contribution is 7.98. The predicted octanol–water partition coefficient (Wildman–Crippen LogP) is 1.02. The number of aliphatic hydroxyl groups excluding tert-OH is 1. The van der Waals surface area contributed by atoms with Crippen LogP contribution in [0.2, 0.25) is 0 Å². The summed E-state index contributed by atoms with van der Waals surface area (Å²) < 4.78 is 0. The molecule has 0 rings (SSSR count). The van der Waals surface area contributed by atoms with Gasteiger partial charge in [-0.2, -0.15) is 11.8 Å². The van der Waals surface area contributed by atoms with Gasteiger partial charge in [-0.15, -0.1) is 0 Å². The molecule has 0 bridgehead atoms. The molecule has 0 radical (unpaired) electrons. The van der Waals surface area contributed by atoms with Gasteiger partial charge >= 0.3 is 0 Å². The molecule has 0 spiro atoms. The van der Waals surface area contributed by atoms with Gasteiger partial charge in [-0.25, -0.2) is 0 Å². The van der Waals surface area contributed by atoms with E-state index < -0.39 is 0 Å². The van der Waals surface area contributed by atoms with Crippen LogP contribution in [0.25, 0.3) is 0 Å². The van der Waals surface area contributed by atoms with Crippen molar-refractivity contribution in [1.82, 2.24) is 5.32 Å². The first-order chi connectivity index (χ1) is 6.31. The van der Waals surface area contributed by atoms with E-state index in [1.165, 1.54) is 0 Å². The lowest BCUT2D eigenvalue weighted by atomic mass is 10.2. The van der Waals surface area contributed by atoms with Crippen LogP contribution < -0.4 is 5.32 Å². The maximum atomic E-state index is 11.1. The first-order valence-electron chi connectivity index (χ1n) is 4.67. The third kappa shape index (κ3) is 9.70. The molecule has 2 N–H and O–H groups in total. The second-order valence-corrected chi connectivity index (χ2v) is 3.86. The lowest BCUT2D eigenvalue weighted by Gasteiger charge is -2.03. The van der Waals surface area contributed by atoms with Crippen LogP contribution in [-0.2, 0) is 4.79 Å². The lowest BCUT2D eigenvalue weighted by molar-refractivity contribution is -0.120. The van der Waals surface area contributed by atoms with E-state index in [0.29, 0.717) is 6.42 Å². The Balaban J connectivity index is 3.08. The number of unbranched alkanes of at least 4 members (excludes halogenated alkanes) is 2. The molecule has 0 aliphatic heterocycles. The first kappa shape index (κ1) is 12.8. The Kier molecular flexibility index (Phi) is 9.70. The second kappa shape index (κ2) is 9.86. The molecule has 0 aromatic rings. The Morgan fingerprint density at radius 1 is 1.38 bits per heavy atom. The summed E-state index contributed by atoms with van der Waals surface area (Å²) >= 11 is 1.68. The minimum Gasteiger partial charge on any atom is -0.396 e. The number of hydrogen-bond acceptors (Lipinski definition) is 3. The minimum absolute atomic E-state index is 0.137. The molecule has 0 atom stereocenters. The highest BCUT2D eigenvalue weighted by Gasteiger charge is 1.98. The quantitative estimate of drug-likeness (QED) is 0.582. The van der Waals surface area contributed by atoms with Gasteiger partial charge in [0.2, 0.25) is 5.91 Å². The largest absolute Gasteiger partial charge is 0.396 e. The van der Waals surface area contributed by atoms with Crippen molar-refractivity contribution in [1.29, 1.82) is 0 Å². The van der Waals surface area contributed by atoms with Gasteiger partial charge in [0.15, 0.2) is 0 Å². The van der Waals surface area contributed by atoms with Crippen molar-refractivity contribution in [3.63, 3.8) is 0 Å². The zero-order chi connectivity index (χ0) is 9.94. The van der Waals surface area contributed by atoms with Crippen LogP contribution in [0.4, 0.5) is 0 Å². The summed E-state index contributed by atoms with van der Waals surface area (Å²) in [6, 6.07) is 0. The van der Waals surface area contributed by atoms with Crippen molar-refractivity contribution in [3.8, 4) is 0 Å². The maximum Gasteiger partial charge on any atom is 0.220 e. The van der Waals surface area contributed by atoms with Gasteiger partial charge < -0.3 is 10.4 Å². The molecule has 0 saturated heterocycles. The smallest absolute Gasteiger partial charge is 0.220 e. The summed E-state index contributed by atoms with van der Waals surface area (Å²) in [6.45, 7) is 0.994. The van der Waals surface area contributed by atoms with E-state index >= 15 is 0 Å². The van der Waals surface area contributed by atoms with E-state index in [0.717, 1.165) is 31.6 Å². The average molecular weight is 205 g/mol. The first-order valence-corrected chi connectivity index (χ1v) is 6.07. The average Bonchev–Trinajstić information content (AvgIpc) is 2.14. The standard InChI is InChI=1S/C9H19NO2S/c1-13-8-5-9(12)10-6-3-2-4-7-11/h11H,2-8H2,1H3,(H,10,12). The Labute approximate surface area is 84.3 Å². The molecule has 3 nitrogen and oxygen atoms in total. The molecule has 0 unspecified atom stereocenters. The molecule has 0 fully saturated rings. The van der Waals surface area contributed by atoms with Gasteiger partial charge in [0.25, 0.3) is 0 Å². The molecular weight excluding hydrogens is 186 g/mol. The van der Waals surface area contributed by atoms with Crippen molar-refractivity contribution in [2.45, 2.75) is 25.7 Å². The number of thioether (sulfide) groups is 1. The highest BCUT2D eigenvalue weighted by atomic mass is 32.2. The molecule has 0 heterocycles. The zero-order valence-electron chi connectivity index (χ0n) is 8.21. The van der Waals surface area contributed by atoms with Crippen LogP contribution >= 0.6 is 11.8 Å². The van der Waals surface area contributed by atoms with E-state index in [4.69, 9.17) is 5.11 Å². The Morgan fingerprint density at radius 3 is 2.77 bits per heavy atom. The normalized spacial score (nSPS) is 10.0. The second-order valence-electron chi connectivity index (χ2n) is 2.88. The third-order valence-corrected chi connectivity index (χ3v) is 2.30. The van der Waals surface area contributed by atoms with E-state index in [2.05, 4.69) is 5.32 Å². The number of rotatable bonds is 8. The topological polar surface area (TPSA) is 49.3 Å². The van der Waals surface area contributed by atoms with Crippen molar-refractivity contribution >= 4 is 17.7 Å². The van der Waals surface area contributed by atoms with Crippen LogP contribution in [0.15, 0.2) is 0 Å². The summed E-state index contributed by atoms with van der Waals surface area (Å²) in [6.07, 6.45) is 5.39. The molecule has 78 valence electrons. The third-order valence-electron chi connectivity index (χ3n) is 1.69. The molecule has 0 aromatic carbocycles. The predicted molar refractivity (Wildman–Crippen MR) is 56.9 cm³/mol. The van der Waals surface area contributed by atoms with E-state index in [9.17, 15) is 4.79 Å². The van der Waals surface area contributed by atoms with E-state index in [1.54, 1.807) is 11.8 Å². The van der Waals surface area contributed by atoms with Gasteiger partial charge in [-0.05, 0) is 25.5 Å². The van der Waals surface area contributed by atoms with Crippen LogP contribution in [0.1, 0.15) is 25.7 Å². The number of carbonyl (C=O) groups is 1. The van der Waals surface area contributed by atoms with Gasteiger partial charge in [0.05, 0.1) is 0 Å². The van der Waals surface area contributed by atoms with Gasteiger partial charge in [0.1, 0.15) is 0 Å². The summed E-state index contributed by atoms with van der Waals surface area (Å²) in [7, 11) is 0. The molecule has 0 saturated carbocycles. The van der Waals surface area contributed by atoms with Crippen LogP contribution in [0.3, 0.4) is 0 Å². The van der Waals surface area contributed by atoms with Crippen LogP contribution in [0, 0.1) is 0 Å². The number of carbonyl (C=O) groups excluding carboxylic acids is 1. The van der Waals surface area contributed by atoms with Crippen molar-refractivity contribution in [2.75, 3.05) is 25.2 Å². The van der Waals surface area contributed by atoms with Gasteiger partial charge in [0, 0.05) is 25.3 Å². The summed E-state index contributed by atoms with van der Waals surface area (Å²) in [5.41, 5.74) is 0. The number of hydrogen-bond donors (Lipinski definition) is 2. The molecule has 4 heteroatoms. The Bertz CT molecular complexity index is 131. The summed E-state index contributed by atoms with van der Waals surface area (Å²) in [5.74, 6) is 1.03. The molecule has 0 aromatic heterocycles. The fourth-order valence-electron chi connectivity index (χ4n) is 0.925. The SMILES string of the molecule is CSCCC(=O)NCCCCCO. The van der Waals surface area contributed by atoms with Gasteiger partial charge in [-0.3, -0.25) is 4.79 Å². The summed E-state index contributed by atoms with van der Waals surface area (Å²) in [4.78, 5) is 11.1. The number of aliphatic hydroxyl groups is 1. The number of amides is 1. The highest BCUT2D eigenvalue weighted by Crippen LogP contribution is 1.96. The van der Waals surface area contributed by atoms with Crippen LogP contribution in [-0.4, -0.2) is 36.2 Å². The zero-order valence-corrected chi connectivity index (χ0v) is 9.03. The lowest BCUT2D eigenvalue weighted by Crippen LogP contribution is -2.24. The number of nitrogens with one attached hydrogen (secondary N) is 1. The summed E-state index contributed by atoms with van der Waals surface area (Å²) in [5, 5.41) is 11.3. The Morgan fingerprint density at radius 2 is 2.15 bits per heavy atom. The van der Waals surface area contributed by atoms with Gasteiger partial charge in [-0.1, -0.05) is 0 Å². The van der Waals surface area contributed by atoms with Crippen molar-refractivity contribution < 1.29 is 9.90 Å². The maximum absolute atomic E-state index is 11.1. The van der Waals surface area contributed by atoms with Crippen molar-refractivity contribution in [2.24, 2.45) is 0 Å². The van der Waals surface area contributed by atoms with E-state index in [1.807, 2.05) is 6.26 Å². The Hall–Kier alpha value is -0.220. The molecule has 1 amide bonds. The molecule has 0 aliphatic carbocycles. The molecular formula is C9H19NO2S. The fourth-order valence-corrected chi connectivity index (χ4v) is 1.31. The van der Waals surface area contributed by atoms with Crippen molar-refractivity contribution in [3.05, 3.63) is 0 Å². The minimum atomic E-state index is 0.137. The van der Waals surface area contributed by atoms with E-state index in [-0.39, 0.29) is 12.5 Å². The fraction of sp³-hybridized carbons (Fsp3) is 0.889. The monoisotopic (exact) mass is 205 g/mol. The molecule has 13 heavy (non-hydrogen) atoms. The van der Waals surface area contributed by atoms with Crippen LogP contribution in [0.5, 0.6) is 0 Å². The molecule has 0 aliphatic rings.